The van der Waals surface area contributed by atoms with Crippen molar-refractivity contribution in [2.45, 2.75) is 25.9 Å². The molecule has 1 aliphatic rings. The van der Waals surface area contributed by atoms with Crippen molar-refractivity contribution in [2.24, 2.45) is 5.92 Å². The Labute approximate surface area is 169 Å². The van der Waals surface area contributed by atoms with Crippen molar-refractivity contribution in [1.82, 2.24) is 9.88 Å². The SMILES string of the molecule is CC1CCN(C(=O)c2ccc(NCC(O)c3c(Cl)cccc3Cl)nc2)CC1. The Morgan fingerprint density at radius 1 is 1.26 bits per heavy atom. The van der Waals surface area contributed by atoms with E-state index < -0.39 is 6.10 Å². The van der Waals surface area contributed by atoms with Gasteiger partial charge in [-0.3, -0.25) is 4.79 Å². The molecule has 1 aliphatic heterocycles. The number of benzene rings is 1. The lowest BCUT2D eigenvalue weighted by atomic mass is 9.99. The summed E-state index contributed by atoms with van der Waals surface area (Å²) >= 11 is 12.2. The number of rotatable bonds is 5. The minimum Gasteiger partial charge on any atom is -0.386 e. The summed E-state index contributed by atoms with van der Waals surface area (Å²) in [6.45, 7) is 4.01. The monoisotopic (exact) mass is 407 g/mol. The van der Waals surface area contributed by atoms with E-state index in [2.05, 4.69) is 17.2 Å². The third-order valence-corrected chi connectivity index (χ3v) is 5.55. The van der Waals surface area contributed by atoms with Crippen LogP contribution in [-0.4, -0.2) is 40.5 Å². The molecule has 2 heterocycles. The number of nitrogens with one attached hydrogen (secondary N) is 1. The van der Waals surface area contributed by atoms with Crippen molar-refractivity contribution in [2.75, 3.05) is 25.0 Å². The Bertz CT molecular complexity index is 770. The Balaban J connectivity index is 1.58. The number of piperidine rings is 1. The molecular formula is C20H23Cl2N3O2. The van der Waals surface area contributed by atoms with Gasteiger partial charge in [0.1, 0.15) is 5.82 Å². The number of aliphatic hydroxyl groups is 1. The molecule has 7 heteroatoms. The van der Waals surface area contributed by atoms with Gasteiger partial charge in [-0.15, -0.1) is 0 Å². The molecule has 144 valence electrons. The molecule has 1 saturated heterocycles. The van der Waals surface area contributed by atoms with Crippen molar-refractivity contribution in [3.8, 4) is 0 Å². The van der Waals surface area contributed by atoms with Crippen LogP contribution < -0.4 is 5.32 Å². The average Bonchev–Trinajstić information content (AvgIpc) is 2.67. The van der Waals surface area contributed by atoms with Gasteiger partial charge in [-0.2, -0.15) is 0 Å². The van der Waals surface area contributed by atoms with Gasteiger partial charge in [0.2, 0.25) is 0 Å². The Morgan fingerprint density at radius 3 is 2.52 bits per heavy atom. The second-order valence-corrected chi connectivity index (χ2v) is 7.75. The van der Waals surface area contributed by atoms with Crippen molar-refractivity contribution in [3.63, 3.8) is 0 Å². The van der Waals surface area contributed by atoms with Gasteiger partial charge in [0.05, 0.1) is 11.7 Å². The zero-order valence-electron chi connectivity index (χ0n) is 15.2. The van der Waals surface area contributed by atoms with Crippen LogP contribution in [0.15, 0.2) is 36.5 Å². The first kappa shape index (κ1) is 19.9. The maximum Gasteiger partial charge on any atom is 0.255 e. The zero-order chi connectivity index (χ0) is 19.4. The summed E-state index contributed by atoms with van der Waals surface area (Å²) < 4.78 is 0. The van der Waals surface area contributed by atoms with E-state index in [9.17, 15) is 9.90 Å². The van der Waals surface area contributed by atoms with E-state index in [0.717, 1.165) is 25.9 Å². The third kappa shape index (κ3) is 4.92. The molecule has 2 aromatic rings. The summed E-state index contributed by atoms with van der Waals surface area (Å²) in [6.07, 6.45) is 2.78. The van der Waals surface area contributed by atoms with Gasteiger partial charge in [-0.25, -0.2) is 4.98 Å². The number of aromatic nitrogens is 1. The number of carbonyl (C=O) groups is 1. The van der Waals surface area contributed by atoms with Crippen LogP contribution in [-0.2, 0) is 0 Å². The summed E-state index contributed by atoms with van der Waals surface area (Å²) in [5.41, 5.74) is 1.06. The first-order valence-corrected chi connectivity index (χ1v) is 9.82. The van der Waals surface area contributed by atoms with E-state index in [4.69, 9.17) is 23.2 Å². The number of pyridine rings is 1. The van der Waals surface area contributed by atoms with Crippen LogP contribution in [0.25, 0.3) is 0 Å². The first-order valence-electron chi connectivity index (χ1n) is 9.07. The fourth-order valence-corrected chi connectivity index (χ4v) is 3.80. The highest BCUT2D eigenvalue weighted by Gasteiger charge is 2.21. The number of anilines is 1. The molecule has 0 bridgehead atoms. The highest BCUT2D eigenvalue weighted by molar-refractivity contribution is 6.36. The molecule has 1 aromatic heterocycles. The van der Waals surface area contributed by atoms with E-state index in [-0.39, 0.29) is 12.5 Å². The fraction of sp³-hybridized carbons (Fsp3) is 0.400. The van der Waals surface area contributed by atoms with E-state index in [1.165, 1.54) is 0 Å². The molecule has 0 spiro atoms. The normalized spacial score (nSPS) is 16.2. The molecular weight excluding hydrogens is 385 g/mol. The molecule has 5 nitrogen and oxygen atoms in total. The summed E-state index contributed by atoms with van der Waals surface area (Å²) in [5, 5.41) is 14.2. The number of likely N-dealkylation sites (tertiary alicyclic amines) is 1. The maximum absolute atomic E-state index is 12.5. The molecule has 1 atom stereocenters. The highest BCUT2D eigenvalue weighted by Crippen LogP contribution is 2.30. The van der Waals surface area contributed by atoms with Gasteiger partial charge in [-0.1, -0.05) is 36.2 Å². The van der Waals surface area contributed by atoms with Gasteiger partial charge in [-0.05, 0) is 43.0 Å². The van der Waals surface area contributed by atoms with Crippen molar-refractivity contribution < 1.29 is 9.90 Å². The van der Waals surface area contributed by atoms with E-state index in [1.54, 1.807) is 36.5 Å². The van der Waals surface area contributed by atoms with Crippen LogP contribution in [0.3, 0.4) is 0 Å². The first-order chi connectivity index (χ1) is 13.0. The fourth-order valence-electron chi connectivity index (χ4n) is 3.15. The predicted octanol–water partition coefficient (Wildman–Crippen LogP) is 4.41. The van der Waals surface area contributed by atoms with Crippen molar-refractivity contribution in [1.29, 1.82) is 0 Å². The maximum atomic E-state index is 12.5. The minimum atomic E-state index is -0.871. The molecule has 2 N–H and O–H groups in total. The number of hydrogen-bond acceptors (Lipinski definition) is 4. The number of nitrogens with zero attached hydrogens (tertiary/aromatic N) is 2. The quantitative estimate of drug-likeness (QED) is 0.770. The topological polar surface area (TPSA) is 65.5 Å². The standard InChI is InChI=1S/C20H23Cl2N3O2/c1-13-7-9-25(10-8-13)20(27)14-5-6-18(23-11-14)24-12-17(26)19-15(21)3-2-4-16(19)22/h2-6,11,13,17,26H,7-10,12H2,1H3,(H,23,24). The van der Waals surface area contributed by atoms with Crippen LogP contribution in [0.5, 0.6) is 0 Å². The van der Waals surface area contributed by atoms with Crippen LogP contribution in [0.1, 0.15) is 41.8 Å². The van der Waals surface area contributed by atoms with Gasteiger partial charge < -0.3 is 15.3 Å². The van der Waals surface area contributed by atoms with Crippen LogP contribution >= 0.6 is 23.2 Å². The number of hydrogen-bond donors (Lipinski definition) is 2. The molecule has 1 amide bonds. The molecule has 0 radical (unpaired) electrons. The minimum absolute atomic E-state index is 0.0174. The number of aliphatic hydroxyl groups excluding tert-OH is 1. The third-order valence-electron chi connectivity index (χ3n) is 4.89. The summed E-state index contributed by atoms with van der Waals surface area (Å²) in [4.78, 5) is 18.7. The second-order valence-electron chi connectivity index (χ2n) is 6.94. The van der Waals surface area contributed by atoms with Crippen LogP contribution in [0, 0.1) is 5.92 Å². The molecule has 27 heavy (non-hydrogen) atoms. The van der Waals surface area contributed by atoms with E-state index in [0.29, 0.717) is 32.9 Å². The van der Waals surface area contributed by atoms with Gasteiger partial charge in [0.15, 0.2) is 0 Å². The predicted molar refractivity (Wildman–Crippen MR) is 108 cm³/mol. The number of carbonyl (C=O) groups excluding carboxylic acids is 1. The summed E-state index contributed by atoms with van der Waals surface area (Å²) in [5.74, 6) is 1.27. The lowest BCUT2D eigenvalue weighted by Crippen LogP contribution is -2.37. The lowest BCUT2D eigenvalue weighted by molar-refractivity contribution is 0.0697. The van der Waals surface area contributed by atoms with Crippen LogP contribution in [0.4, 0.5) is 5.82 Å². The Morgan fingerprint density at radius 2 is 1.93 bits per heavy atom. The summed E-state index contributed by atoms with van der Waals surface area (Å²) in [7, 11) is 0. The smallest absolute Gasteiger partial charge is 0.255 e. The summed E-state index contributed by atoms with van der Waals surface area (Å²) in [6, 6.07) is 8.60. The molecule has 1 unspecified atom stereocenters. The highest BCUT2D eigenvalue weighted by atomic mass is 35.5. The van der Waals surface area contributed by atoms with Crippen molar-refractivity contribution >= 4 is 34.9 Å². The van der Waals surface area contributed by atoms with Gasteiger partial charge >= 0.3 is 0 Å². The number of halogens is 2. The molecule has 3 rings (SSSR count). The van der Waals surface area contributed by atoms with Crippen molar-refractivity contribution in [3.05, 3.63) is 57.7 Å². The molecule has 1 aromatic carbocycles. The Kier molecular flexibility index (Phi) is 6.58. The van der Waals surface area contributed by atoms with E-state index >= 15 is 0 Å². The average molecular weight is 408 g/mol. The number of amides is 1. The Hall–Kier alpha value is -1.82. The van der Waals surface area contributed by atoms with Crippen LogP contribution in [0.2, 0.25) is 10.0 Å². The molecule has 1 fully saturated rings. The molecule has 0 aliphatic carbocycles. The largest absolute Gasteiger partial charge is 0.386 e. The van der Waals surface area contributed by atoms with Gasteiger partial charge in [0, 0.05) is 41.4 Å². The zero-order valence-corrected chi connectivity index (χ0v) is 16.7. The van der Waals surface area contributed by atoms with E-state index in [1.807, 2.05) is 4.90 Å². The second kappa shape index (κ2) is 8.91. The molecule has 0 saturated carbocycles. The van der Waals surface area contributed by atoms with Gasteiger partial charge in [0.25, 0.3) is 5.91 Å². The lowest BCUT2D eigenvalue weighted by Gasteiger charge is -2.30.